The molecule has 110 valence electrons. The third-order valence-corrected chi connectivity index (χ3v) is 5.05. The van der Waals surface area contributed by atoms with Crippen LogP contribution in [0.5, 0.6) is 0 Å². The Labute approximate surface area is 135 Å². The summed E-state index contributed by atoms with van der Waals surface area (Å²) in [6.07, 6.45) is 9.98. The summed E-state index contributed by atoms with van der Waals surface area (Å²) < 4.78 is 0.965. The van der Waals surface area contributed by atoms with Gasteiger partial charge in [0.05, 0.1) is 11.1 Å². The standard InChI is InChI=1S/C17H23BrClN/c1-2-11-20-17(13-7-5-3-4-6-8-13)14-9-10-15(18)16(19)12-14/h7,9-10,12,17,20H,2-6,8,11H2,1H3. The van der Waals surface area contributed by atoms with Gasteiger partial charge < -0.3 is 5.32 Å². The number of allylic oxidation sites excluding steroid dienone is 1. The van der Waals surface area contributed by atoms with Crippen molar-refractivity contribution in [1.29, 1.82) is 0 Å². The van der Waals surface area contributed by atoms with Crippen molar-refractivity contribution in [2.24, 2.45) is 0 Å². The summed E-state index contributed by atoms with van der Waals surface area (Å²) in [7, 11) is 0. The molecule has 0 amide bonds. The van der Waals surface area contributed by atoms with Gasteiger partial charge in [0.1, 0.15) is 0 Å². The van der Waals surface area contributed by atoms with Crippen LogP contribution in [0.25, 0.3) is 0 Å². The molecule has 0 spiro atoms. The van der Waals surface area contributed by atoms with E-state index in [1.807, 2.05) is 0 Å². The molecule has 0 heterocycles. The third kappa shape index (κ3) is 4.34. The molecule has 1 atom stereocenters. The van der Waals surface area contributed by atoms with Gasteiger partial charge in [-0.2, -0.15) is 0 Å². The monoisotopic (exact) mass is 355 g/mol. The minimum atomic E-state index is 0.318. The molecule has 1 aromatic carbocycles. The van der Waals surface area contributed by atoms with E-state index in [0.717, 1.165) is 22.5 Å². The summed E-state index contributed by atoms with van der Waals surface area (Å²) in [4.78, 5) is 0. The first-order chi connectivity index (χ1) is 9.72. The van der Waals surface area contributed by atoms with Crippen LogP contribution < -0.4 is 5.32 Å². The number of rotatable bonds is 5. The maximum absolute atomic E-state index is 6.27. The zero-order valence-electron chi connectivity index (χ0n) is 12.1. The Morgan fingerprint density at radius 2 is 2.15 bits per heavy atom. The molecule has 1 aliphatic rings. The zero-order chi connectivity index (χ0) is 14.4. The second-order valence-corrected chi connectivity index (χ2v) is 6.70. The Hall–Kier alpha value is -0.310. The average molecular weight is 357 g/mol. The lowest BCUT2D eigenvalue weighted by molar-refractivity contribution is 0.567. The second-order valence-electron chi connectivity index (χ2n) is 5.44. The van der Waals surface area contributed by atoms with Gasteiger partial charge in [0, 0.05) is 4.47 Å². The van der Waals surface area contributed by atoms with Gasteiger partial charge in [-0.1, -0.05) is 42.7 Å². The minimum Gasteiger partial charge on any atom is -0.307 e. The van der Waals surface area contributed by atoms with E-state index in [4.69, 9.17) is 11.6 Å². The minimum absolute atomic E-state index is 0.318. The fourth-order valence-electron chi connectivity index (χ4n) is 2.75. The number of hydrogen-bond acceptors (Lipinski definition) is 1. The summed E-state index contributed by atoms with van der Waals surface area (Å²) in [5, 5.41) is 4.48. The predicted octanol–water partition coefficient (Wildman–Crippen LogP) is 6.03. The van der Waals surface area contributed by atoms with Crippen LogP contribution in [-0.4, -0.2) is 6.54 Å². The zero-order valence-corrected chi connectivity index (χ0v) is 14.4. The Bertz CT molecular complexity index is 470. The largest absolute Gasteiger partial charge is 0.307 e. The molecule has 1 aliphatic carbocycles. The highest BCUT2D eigenvalue weighted by Gasteiger charge is 2.17. The smallest absolute Gasteiger partial charge is 0.0551 e. The fourth-order valence-corrected chi connectivity index (χ4v) is 3.18. The Morgan fingerprint density at radius 3 is 2.90 bits per heavy atom. The van der Waals surface area contributed by atoms with Gasteiger partial charge in [-0.05, 0) is 72.3 Å². The van der Waals surface area contributed by atoms with E-state index in [1.165, 1.54) is 43.2 Å². The molecule has 0 fully saturated rings. The lowest BCUT2D eigenvalue weighted by Gasteiger charge is -2.22. The highest BCUT2D eigenvalue weighted by molar-refractivity contribution is 9.10. The molecule has 0 radical (unpaired) electrons. The summed E-state index contributed by atoms with van der Waals surface area (Å²) >= 11 is 9.74. The lowest BCUT2D eigenvalue weighted by atomic mass is 9.95. The van der Waals surface area contributed by atoms with Crippen LogP contribution in [0.4, 0.5) is 0 Å². The van der Waals surface area contributed by atoms with E-state index in [2.05, 4.69) is 52.4 Å². The summed E-state index contributed by atoms with van der Waals surface area (Å²) in [5.74, 6) is 0. The van der Waals surface area contributed by atoms with Crippen molar-refractivity contribution in [3.8, 4) is 0 Å². The van der Waals surface area contributed by atoms with Crippen molar-refractivity contribution in [2.75, 3.05) is 6.54 Å². The Morgan fingerprint density at radius 1 is 1.30 bits per heavy atom. The molecule has 1 nitrogen and oxygen atoms in total. The molecule has 0 saturated carbocycles. The molecule has 0 bridgehead atoms. The van der Waals surface area contributed by atoms with Crippen LogP contribution in [0, 0.1) is 0 Å². The van der Waals surface area contributed by atoms with Crippen molar-refractivity contribution >= 4 is 27.5 Å². The van der Waals surface area contributed by atoms with Gasteiger partial charge in [-0.3, -0.25) is 0 Å². The van der Waals surface area contributed by atoms with Crippen molar-refractivity contribution in [3.05, 3.63) is 44.9 Å². The molecule has 0 saturated heterocycles. The van der Waals surface area contributed by atoms with Crippen molar-refractivity contribution in [1.82, 2.24) is 5.32 Å². The third-order valence-electron chi connectivity index (χ3n) is 3.82. The highest BCUT2D eigenvalue weighted by atomic mass is 79.9. The topological polar surface area (TPSA) is 12.0 Å². The van der Waals surface area contributed by atoms with E-state index < -0.39 is 0 Å². The summed E-state index contributed by atoms with van der Waals surface area (Å²) in [6, 6.07) is 6.63. The normalized spacial score (nSPS) is 17.4. The molecule has 0 aliphatic heterocycles. The van der Waals surface area contributed by atoms with Crippen LogP contribution in [0.1, 0.15) is 57.1 Å². The lowest BCUT2D eigenvalue weighted by Crippen LogP contribution is -2.24. The summed E-state index contributed by atoms with van der Waals surface area (Å²) in [5.41, 5.74) is 2.81. The molecule has 1 aromatic rings. The average Bonchev–Trinajstić information content (AvgIpc) is 2.72. The Balaban J connectivity index is 2.25. The number of halogens is 2. The molecular formula is C17H23BrClN. The van der Waals surface area contributed by atoms with Gasteiger partial charge in [-0.15, -0.1) is 0 Å². The van der Waals surface area contributed by atoms with Crippen molar-refractivity contribution < 1.29 is 0 Å². The molecule has 1 unspecified atom stereocenters. The van der Waals surface area contributed by atoms with E-state index in [-0.39, 0.29) is 0 Å². The van der Waals surface area contributed by atoms with Crippen LogP contribution in [0.2, 0.25) is 5.02 Å². The Kier molecular flexibility index (Phi) is 6.60. The van der Waals surface area contributed by atoms with Crippen LogP contribution in [-0.2, 0) is 0 Å². The maximum Gasteiger partial charge on any atom is 0.0551 e. The van der Waals surface area contributed by atoms with Crippen molar-refractivity contribution in [2.45, 2.75) is 51.5 Å². The second kappa shape index (κ2) is 8.21. The first-order valence-electron chi connectivity index (χ1n) is 7.59. The van der Waals surface area contributed by atoms with E-state index in [1.54, 1.807) is 0 Å². The van der Waals surface area contributed by atoms with Gasteiger partial charge in [0.25, 0.3) is 0 Å². The van der Waals surface area contributed by atoms with Crippen LogP contribution >= 0.6 is 27.5 Å². The number of nitrogens with one attached hydrogen (secondary N) is 1. The molecule has 3 heteroatoms. The van der Waals surface area contributed by atoms with E-state index in [0.29, 0.717) is 6.04 Å². The van der Waals surface area contributed by atoms with E-state index in [9.17, 15) is 0 Å². The molecular weight excluding hydrogens is 334 g/mol. The van der Waals surface area contributed by atoms with Gasteiger partial charge in [0.2, 0.25) is 0 Å². The maximum atomic E-state index is 6.27. The fraction of sp³-hybridized carbons (Fsp3) is 0.529. The SMILES string of the molecule is CCCNC(C1=CCCCCC1)c1ccc(Br)c(Cl)c1. The quantitative estimate of drug-likeness (QED) is 0.635. The highest BCUT2D eigenvalue weighted by Crippen LogP contribution is 2.32. The first-order valence-corrected chi connectivity index (χ1v) is 8.76. The van der Waals surface area contributed by atoms with Crippen molar-refractivity contribution in [3.63, 3.8) is 0 Å². The summed E-state index contributed by atoms with van der Waals surface area (Å²) in [6.45, 7) is 3.25. The number of benzene rings is 1. The molecule has 0 aromatic heterocycles. The predicted molar refractivity (Wildman–Crippen MR) is 91.4 cm³/mol. The number of hydrogen-bond donors (Lipinski definition) is 1. The molecule has 20 heavy (non-hydrogen) atoms. The first kappa shape index (κ1) is 16.1. The van der Waals surface area contributed by atoms with Gasteiger partial charge in [-0.25, -0.2) is 0 Å². The van der Waals surface area contributed by atoms with Crippen LogP contribution in [0.3, 0.4) is 0 Å². The van der Waals surface area contributed by atoms with Gasteiger partial charge in [0.15, 0.2) is 0 Å². The van der Waals surface area contributed by atoms with E-state index >= 15 is 0 Å². The van der Waals surface area contributed by atoms with Gasteiger partial charge >= 0.3 is 0 Å². The molecule has 1 N–H and O–H groups in total. The molecule has 2 rings (SSSR count). The van der Waals surface area contributed by atoms with Crippen LogP contribution in [0.15, 0.2) is 34.3 Å².